The lowest BCUT2D eigenvalue weighted by Crippen LogP contribution is -2.45. The number of hydrogen-bond donors (Lipinski definition) is 2. The van der Waals surface area contributed by atoms with E-state index in [9.17, 15) is 27.6 Å². The molecular formula is C35H32F3N3O4. The highest BCUT2D eigenvalue weighted by molar-refractivity contribution is 6.09. The number of rotatable bonds is 8. The Hall–Kier alpha value is -5.12. The van der Waals surface area contributed by atoms with Crippen LogP contribution in [-0.4, -0.2) is 42.8 Å². The quantitative estimate of drug-likeness (QED) is 0.221. The summed E-state index contributed by atoms with van der Waals surface area (Å²) in [5, 5.41) is 5.66. The molecule has 2 N–H and O–H groups in total. The van der Waals surface area contributed by atoms with Crippen LogP contribution in [0.4, 0.5) is 18.9 Å². The van der Waals surface area contributed by atoms with Crippen molar-refractivity contribution >= 4 is 23.4 Å². The van der Waals surface area contributed by atoms with Gasteiger partial charge in [0.25, 0.3) is 11.8 Å². The van der Waals surface area contributed by atoms with Crippen molar-refractivity contribution in [3.05, 3.63) is 119 Å². The van der Waals surface area contributed by atoms with Gasteiger partial charge in [0.1, 0.15) is 11.8 Å². The zero-order valence-corrected chi connectivity index (χ0v) is 24.6. The molecule has 4 aromatic rings. The minimum atomic E-state index is -4.47. The van der Waals surface area contributed by atoms with Gasteiger partial charge in [-0.05, 0) is 66.3 Å². The van der Waals surface area contributed by atoms with Crippen molar-refractivity contribution in [2.24, 2.45) is 0 Å². The third-order valence-electron chi connectivity index (χ3n) is 7.72. The predicted octanol–water partition coefficient (Wildman–Crippen LogP) is 7.12. The molecule has 0 saturated carbocycles. The maximum absolute atomic E-state index is 13.5. The molecule has 232 valence electrons. The van der Waals surface area contributed by atoms with Gasteiger partial charge in [0.05, 0.1) is 18.2 Å². The molecular weight excluding hydrogens is 583 g/mol. The predicted molar refractivity (Wildman–Crippen MR) is 165 cm³/mol. The van der Waals surface area contributed by atoms with Crippen LogP contribution in [0.25, 0.3) is 11.1 Å². The van der Waals surface area contributed by atoms with Crippen LogP contribution in [0.1, 0.15) is 57.1 Å². The lowest BCUT2D eigenvalue weighted by Gasteiger charge is -2.31. The van der Waals surface area contributed by atoms with Gasteiger partial charge < -0.3 is 20.3 Å². The van der Waals surface area contributed by atoms with Crippen LogP contribution in [0, 0.1) is 0 Å². The van der Waals surface area contributed by atoms with E-state index in [4.69, 9.17) is 4.74 Å². The highest BCUT2D eigenvalue weighted by Crippen LogP contribution is 2.32. The summed E-state index contributed by atoms with van der Waals surface area (Å²) in [7, 11) is 1.39. The standard InChI is InChI=1S/C35H32F3N3O4/c1-45-30-22-26(39-32(42)28-13-7-6-12-27(28)23-14-16-25(17-15-23)35(36,37)38)18-19-29(30)33(43)40-31(24-10-4-2-5-11-24)34(44)41-20-8-3-9-21-41/h2,4-7,10-19,22,31H,3,8-9,20-21H2,1H3,(H,39,42)(H,40,43)/t31-/m0/s1. The Morgan fingerprint density at radius 1 is 0.778 bits per heavy atom. The zero-order valence-electron chi connectivity index (χ0n) is 24.6. The molecule has 1 heterocycles. The summed E-state index contributed by atoms with van der Waals surface area (Å²) in [5.41, 5.74) is 1.54. The maximum Gasteiger partial charge on any atom is 0.416 e. The minimum Gasteiger partial charge on any atom is -0.496 e. The highest BCUT2D eigenvalue weighted by Gasteiger charge is 2.31. The van der Waals surface area contributed by atoms with Crippen LogP contribution in [0.2, 0.25) is 0 Å². The summed E-state index contributed by atoms with van der Waals surface area (Å²) in [4.78, 5) is 42.1. The molecule has 0 radical (unpaired) electrons. The number of nitrogens with zero attached hydrogens (tertiary/aromatic N) is 1. The number of methoxy groups -OCH3 is 1. The molecule has 3 amide bonds. The molecule has 7 nitrogen and oxygen atoms in total. The molecule has 0 bridgehead atoms. The van der Waals surface area contributed by atoms with Crippen molar-refractivity contribution in [2.45, 2.75) is 31.5 Å². The molecule has 0 spiro atoms. The first-order valence-electron chi connectivity index (χ1n) is 14.6. The Labute approximate surface area is 259 Å². The number of amides is 3. The molecule has 4 aromatic carbocycles. The van der Waals surface area contributed by atoms with Crippen LogP contribution in [0.5, 0.6) is 5.75 Å². The first kappa shape index (κ1) is 31.3. The van der Waals surface area contributed by atoms with E-state index in [0.29, 0.717) is 35.5 Å². The fraction of sp³-hybridized carbons (Fsp3) is 0.229. The highest BCUT2D eigenvalue weighted by atomic mass is 19.4. The number of ether oxygens (including phenoxy) is 1. The number of nitrogens with one attached hydrogen (secondary N) is 2. The number of halogens is 3. The van der Waals surface area contributed by atoms with Gasteiger partial charge in [-0.15, -0.1) is 0 Å². The Balaban J connectivity index is 1.35. The minimum absolute atomic E-state index is 0.174. The third-order valence-corrected chi connectivity index (χ3v) is 7.72. The van der Waals surface area contributed by atoms with E-state index in [1.807, 2.05) is 18.2 Å². The molecule has 1 aliphatic heterocycles. The van der Waals surface area contributed by atoms with E-state index in [1.165, 1.54) is 31.4 Å². The topological polar surface area (TPSA) is 87.7 Å². The van der Waals surface area contributed by atoms with Crippen LogP contribution in [-0.2, 0) is 11.0 Å². The Kier molecular flexibility index (Phi) is 9.51. The summed E-state index contributed by atoms with van der Waals surface area (Å²) in [6.07, 6.45) is -1.58. The number of likely N-dealkylation sites (tertiary alicyclic amines) is 1. The van der Waals surface area contributed by atoms with Crippen molar-refractivity contribution in [1.82, 2.24) is 10.2 Å². The van der Waals surface area contributed by atoms with Crippen molar-refractivity contribution in [1.29, 1.82) is 0 Å². The summed E-state index contributed by atoms with van der Waals surface area (Å²) in [5.74, 6) is -1.01. The Bertz CT molecular complexity index is 1670. The van der Waals surface area contributed by atoms with Crippen LogP contribution in [0.15, 0.2) is 97.1 Å². The second kappa shape index (κ2) is 13.7. The average Bonchev–Trinajstić information content (AvgIpc) is 3.07. The lowest BCUT2D eigenvalue weighted by atomic mass is 9.98. The molecule has 45 heavy (non-hydrogen) atoms. The summed E-state index contributed by atoms with van der Waals surface area (Å²) < 4.78 is 44.6. The monoisotopic (exact) mass is 615 g/mol. The molecule has 1 fully saturated rings. The van der Waals surface area contributed by atoms with Crippen LogP contribution < -0.4 is 15.4 Å². The maximum atomic E-state index is 13.5. The van der Waals surface area contributed by atoms with E-state index < -0.39 is 29.6 Å². The lowest BCUT2D eigenvalue weighted by molar-refractivity contribution is -0.137. The smallest absolute Gasteiger partial charge is 0.416 e. The van der Waals surface area contributed by atoms with Gasteiger partial charge in [0.15, 0.2) is 0 Å². The molecule has 0 unspecified atom stereocenters. The fourth-order valence-corrected chi connectivity index (χ4v) is 5.37. The van der Waals surface area contributed by atoms with Crippen molar-refractivity contribution in [3.8, 4) is 16.9 Å². The summed E-state index contributed by atoms with van der Waals surface area (Å²) in [6, 6.07) is 23.9. The third kappa shape index (κ3) is 7.34. The second-order valence-electron chi connectivity index (χ2n) is 10.7. The van der Waals surface area contributed by atoms with Gasteiger partial charge in [-0.2, -0.15) is 13.2 Å². The number of carbonyl (C=O) groups excluding carboxylic acids is 3. The zero-order chi connectivity index (χ0) is 32.0. The normalized spacial score (nSPS) is 13.9. The molecule has 5 rings (SSSR count). The number of carbonyl (C=O) groups is 3. The van der Waals surface area contributed by atoms with Crippen molar-refractivity contribution < 1.29 is 32.3 Å². The Morgan fingerprint density at radius 2 is 1.44 bits per heavy atom. The van der Waals surface area contributed by atoms with Gasteiger partial charge >= 0.3 is 6.18 Å². The average molecular weight is 616 g/mol. The number of piperidine rings is 1. The van der Waals surface area contributed by atoms with Crippen molar-refractivity contribution in [2.75, 3.05) is 25.5 Å². The van der Waals surface area contributed by atoms with Crippen LogP contribution in [0.3, 0.4) is 0 Å². The van der Waals surface area contributed by atoms with Gasteiger partial charge in [-0.25, -0.2) is 0 Å². The first-order chi connectivity index (χ1) is 21.7. The SMILES string of the molecule is COc1cc(NC(=O)c2ccccc2-c2ccc(C(F)(F)F)cc2)ccc1C(=O)N[C@H](C(=O)N1CCCCC1)c1ccccc1. The molecule has 1 atom stereocenters. The van der Waals surface area contributed by atoms with E-state index >= 15 is 0 Å². The van der Waals surface area contributed by atoms with Gasteiger partial charge in [0, 0.05) is 30.4 Å². The van der Waals surface area contributed by atoms with E-state index in [-0.39, 0.29) is 22.8 Å². The van der Waals surface area contributed by atoms with Gasteiger partial charge in [-0.3, -0.25) is 14.4 Å². The fourth-order valence-electron chi connectivity index (χ4n) is 5.37. The number of anilines is 1. The first-order valence-corrected chi connectivity index (χ1v) is 14.6. The van der Waals surface area contributed by atoms with Crippen LogP contribution >= 0.6 is 0 Å². The van der Waals surface area contributed by atoms with E-state index in [2.05, 4.69) is 10.6 Å². The number of hydrogen-bond acceptors (Lipinski definition) is 4. The number of benzene rings is 4. The molecule has 10 heteroatoms. The van der Waals surface area contributed by atoms with E-state index in [0.717, 1.165) is 31.4 Å². The largest absolute Gasteiger partial charge is 0.496 e. The van der Waals surface area contributed by atoms with E-state index in [1.54, 1.807) is 47.4 Å². The summed E-state index contributed by atoms with van der Waals surface area (Å²) >= 11 is 0. The Morgan fingerprint density at radius 3 is 2.11 bits per heavy atom. The molecule has 1 aliphatic rings. The molecule has 0 aromatic heterocycles. The number of alkyl halides is 3. The van der Waals surface area contributed by atoms with Gasteiger partial charge in [-0.1, -0.05) is 60.7 Å². The van der Waals surface area contributed by atoms with Crippen molar-refractivity contribution in [3.63, 3.8) is 0 Å². The molecule has 0 aliphatic carbocycles. The van der Waals surface area contributed by atoms with Gasteiger partial charge in [0.2, 0.25) is 5.91 Å². The summed E-state index contributed by atoms with van der Waals surface area (Å²) in [6.45, 7) is 1.27. The molecule has 1 saturated heterocycles. The second-order valence-corrected chi connectivity index (χ2v) is 10.7.